The van der Waals surface area contributed by atoms with E-state index in [4.69, 9.17) is 0 Å². The van der Waals surface area contributed by atoms with Gasteiger partial charge in [-0.25, -0.2) is 0 Å². The standard InChI is InChI=1S/C17H17N3O4/c1-11(2)18-16(21)12-7-3-5-9-14(12)19-17(22)13-8-4-6-10-15(13)20(23)24/h3-11H,1-2H3,(H,18,21)(H,19,22). The lowest BCUT2D eigenvalue weighted by Gasteiger charge is -2.13. The van der Waals surface area contributed by atoms with E-state index in [9.17, 15) is 19.7 Å². The largest absolute Gasteiger partial charge is 0.350 e. The molecule has 2 N–H and O–H groups in total. The fourth-order valence-corrected chi connectivity index (χ4v) is 2.14. The van der Waals surface area contributed by atoms with Crippen molar-refractivity contribution < 1.29 is 14.5 Å². The van der Waals surface area contributed by atoms with Gasteiger partial charge < -0.3 is 10.6 Å². The third kappa shape index (κ3) is 3.95. The summed E-state index contributed by atoms with van der Waals surface area (Å²) < 4.78 is 0. The lowest BCUT2D eigenvalue weighted by Crippen LogP contribution is -2.31. The normalized spacial score (nSPS) is 10.3. The topological polar surface area (TPSA) is 101 Å². The van der Waals surface area contributed by atoms with E-state index in [1.165, 1.54) is 18.2 Å². The summed E-state index contributed by atoms with van der Waals surface area (Å²) in [7, 11) is 0. The molecule has 2 aromatic rings. The molecule has 124 valence electrons. The second-order valence-corrected chi connectivity index (χ2v) is 5.40. The first-order chi connectivity index (χ1) is 11.4. The van der Waals surface area contributed by atoms with Crippen LogP contribution in [-0.2, 0) is 0 Å². The predicted molar refractivity (Wildman–Crippen MR) is 90.1 cm³/mol. The first kappa shape index (κ1) is 17.1. The number of carbonyl (C=O) groups is 2. The number of nitro benzene ring substituents is 1. The molecule has 0 aliphatic heterocycles. The number of benzene rings is 2. The maximum Gasteiger partial charge on any atom is 0.282 e. The van der Waals surface area contributed by atoms with Crippen LogP contribution in [0.4, 0.5) is 11.4 Å². The van der Waals surface area contributed by atoms with Crippen LogP contribution in [0.15, 0.2) is 48.5 Å². The number of carbonyl (C=O) groups excluding carboxylic acids is 2. The zero-order chi connectivity index (χ0) is 17.7. The third-order valence-electron chi connectivity index (χ3n) is 3.19. The van der Waals surface area contributed by atoms with E-state index in [0.717, 1.165) is 0 Å². The summed E-state index contributed by atoms with van der Waals surface area (Å²) in [4.78, 5) is 35.0. The van der Waals surface area contributed by atoms with Crippen molar-refractivity contribution in [3.8, 4) is 0 Å². The highest BCUT2D eigenvalue weighted by molar-refractivity contribution is 6.10. The lowest BCUT2D eigenvalue weighted by atomic mass is 10.1. The molecule has 0 saturated carbocycles. The lowest BCUT2D eigenvalue weighted by molar-refractivity contribution is -0.385. The first-order valence-electron chi connectivity index (χ1n) is 7.35. The van der Waals surface area contributed by atoms with Gasteiger partial charge in [-0.1, -0.05) is 24.3 Å². The van der Waals surface area contributed by atoms with Crippen LogP contribution in [0.25, 0.3) is 0 Å². The Morgan fingerprint density at radius 2 is 1.54 bits per heavy atom. The van der Waals surface area contributed by atoms with Crippen molar-refractivity contribution in [1.29, 1.82) is 0 Å². The number of rotatable bonds is 5. The molecule has 0 radical (unpaired) electrons. The molecule has 0 atom stereocenters. The minimum absolute atomic E-state index is 0.0588. The zero-order valence-electron chi connectivity index (χ0n) is 13.3. The van der Waals surface area contributed by atoms with Gasteiger partial charge >= 0.3 is 0 Å². The molecule has 0 fully saturated rings. The molecule has 0 heterocycles. The van der Waals surface area contributed by atoms with Gasteiger partial charge in [0.1, 0.15) is 5.56 Å². The summed E-state index contributed by atoms with van der Waals surface area (Å²) in [6.45, 7) is 3.65. The van der Waals surface area contributed by atoms with Crippen LogP contribution in [-0.4, -0.2) is 22.8 Å². The fraction of sp³-hybridized carbons (Fsp3) is 0.176. The Labute approximate surface area is 138 Å². The molecule has 7 nitrogen and oxygen atoms in total. The number of nitrogens with one attached hydrogen (secondary N) is 2. The molecule has 24 heavy (non-hydrogen) atoms. The summed E-state index contributed by atoms with van der Waals surface area (Å²) >= 11 is 0. The first-order valence-corrected chi connectivity index (χ1v) is 7.35. The van der Waals surface area contributed by atoms with Crippen molar-refractivity contribution in [3.63, 3.8) is 0 Å². The molecule has 2 rings (SSSR count). The molecule has 0 aromatic heterocycles. The third-order valence-corrected chi connectivity index (χ3v) is 3.19. The Kier molecular flexibility index (Phi) is 5.26. The quantitative estimate of drug-likeness (QED) is 0.651. The van der Waals surface area contributed by atoms with E-state index < -0.39 is 10.8 Å². The zero-order valence-corrected chi connectivity index (χ0v) is 13.3. The van der Waals surface area contributed by atoms with Crippen LogP contribution in [0.2, 0.25) is 0 Å². The van der Waals surface area contributed by atoms with E-state index in [-0.39, 0.29) is 28.8 Å². The Hall–Kier alpha value is -3.22. The van der Waals surface area contributed by atoms with Gasteiger partial charge in [-0.15, -0.1) is 0 Å². The van der Waals surface area contributed by atoms with Crippen LogP contribution in [0.5, 0.6) is 0 Å². The Morgan fingerprint density at radius 1 is 0.958 bits per heavy atom. The molecule has 0 unspecified atom stereocenters. The van der Waals surface area contributed by atoms with Crippen molar-refractivity contribution in [3.05, 3.63) is 69.8 Å². The van der Waals surface area contributed by atoms with Crippen molar-refractivity contribution >= 4 is 23.2 Å². The van der Waals surface area contributed by atoms with E-state index in [1.54, 1.807) is 30.3 Å². The molecule has 0 bridgehead atoms. The molecule has 0 aliphatic carbocycles. The molecule has 0 aliphatic rings. The average Bonchev–Trinajstić information content (AvgIpc) is 2.54. The Bertz CT molecular complexity index is 787. The molecule has 0 saturated heterocycles. The second-order valence-electron chi connectivity index (χ2n) is 5.40. The van der Waals surface area contributed by atoms with E-state index >= 15 is 0 Å². The average molecular weight is 327 g/mol. The number of nitrogens with zero attached hydrogens (tertiary/aromatic N) is 1. The fourth-order valence-electron chi connectivity index (χ4n) is 2.14. The van der Waals surface area contributed by atoms with E-state index in [2.05, 4.69) is 10.6 Å². The highest BCUT2D eigenvalue weighted by Crippen LogP contribution is 2.21. The number of hydrogen-bond acceptors (Lipinski definition) is 4. The smallest absolute Gasteiger partial charge is 0.282 e. The van der Waals surface area contributed by atoms with Crippen LogP contribution >= 0.6 is 0 Å². The van der Waals surface area contributed by atoms with Gasteiger partial charge in [0.15, 0.2) is 0 Å². The number of hydrogen-bond donors (Lipinski definition) is 2. The number of amides is 2. The highest BCUT2D eigenvalue weighted by Gasteiger charge is 2.21. The number of nitro groups is 1. The van der Waals surface area contributed by atoms with Crippen molar-refractivity contribution in [2.75, 3.05) is 5.32 Å². The highest BCUT2D eigenvalue weighted by atomic mass is 16.6. The van der Waals surface area contributed by atoms with Gasteiger partial charge in [0.25, 0.3) is 17.5 Å². The van der Waals surface area contributed by atoms with Crippen LogP contribution in [0.1, 0.15) is 34.6 Å². The molecular formula is C17H17N3O4. The van der Waals surface area contributed by atoms with Crippen LogP contribution in [0.3, 0.4) is 0 Å². The maximum atomic E-state index is 12.4. The van der Waals surface area contributed by atoms with E-state index in [0.29, 0.717) is 5.69 Å². The van der Waals surface area contributed by atoms with Crippen molar-refractivity contribution in [2.24, 2.45) is 0 Å². The summed E-state index contributed by atoms with van der Waals surface area (Å²) in [5, 5.41) is 16.4. The summed E-state index contributed by atoms with van der Waals surface area (Å²) in [5.41, 5.74) is 0.220. The monoisotopic (exact) mass is 327 g/mol. The van der Waals surface area contributed by atoms with Gasteiger partial charge in [0.2, 0.25) is 0 Å². The van der Waals surface area contributed by atoms with Gasteiger partial charge in [0.05, 0.1) is 16.2 Å². The van der Waals surface area contributed by atoms with E-state index in [1.807, 2.05) is 13.8 Å². The summed E-state index contributed by atoms with van der Waals surface area (Å²) in [5.74, 6) is -0.976. The summed E-state index contributed by atoms with van der Waals surface area (Å²) in [6, 6.07) is 12.1. The van der Waals surface area contributed by atoms with Crippen molar-refractivity contribution in [2.45, 2.75) is 19.9 Å². The molecular weight excluding hydrogens is 310 g/mol. The minimum Gasteiger partial charge on any atom is -0.350 e. The van der Waals surface area contributed by atoms with Gasteiger partial charge in [0, 0.05) is 12.1 Å². The van der Waals surface area contributed by atoms with Gasteiger partial charge in [-0.05, 0) is 32.0 Å². The van der Waals surface area contributed by atoms with Crippen LogP contribution in [0, 0.1) is 10.1 Å². The minimum atomic E-state index is -0.646. The molecule has 0 spiro atoms. The SMILES string of the molecule is CC(C)NC(=O)c1ccccc1NC(=O)c1ccccc1[N+](=O)[O-]. The predicted octanol–water partition coefficient (Wildman–Crippen LogP) is 2.99. The Balaban J connectivity index is 2.31. The maximum absolute atomic E-state index is 12.4. The van der Waals surface area contributed by atoms with Gasteiger partial charge in [-0.3, -0.25) is 19.7 Å². The van der Waals surface area contributed by atoms with Gasteiger partial charge in [-0.2, -0.15) is 0 Å². The molecule has 2 amide bonds. The molecule has 2 aromatic carbocycles. The second kappa shape index (κ2) is 7.36. The molecule has 7 heteroatoms. The number of anilines is 1. The number of para-hydroxylation sites is 2. The summed E-state index contributed by atoms with van der Waals surface area (Å²) in [6.07, 6.45) is 0. The Morgan fingerprint density at radius 3 is 2.17 bits per heavy atom. The van der Waals surface area contributed by atoms with Crippen LogP contribution < -0.4 is 10.6 Å². The van der Waals surface area contributed by atoms with Crippen molar-refractivity contribution in [1.82, 2.24) is 5.32 Å².